The number of fused-ring (bicyclic) bond motifs is 9. The maximum atomic E-state index is 3.78. The van der Waals surface area contributed by atoms with Gasteiger partial charge in [-0.1, -0.05) is 101 Å². The van der Waals surface area contributed by atoms with Crippen LogP contribution in [-0.2, 0) is 5.41 Å². The van der Waals surface area contributed by atoms with Crippen molar-refractivity contribution in [1.82, 2.24) is 0 Å². The fourth-order valence-electron chi connectivity index (χ4n) is 6.20. The van der Waals surface area contributed by atoms with Gasteiger partial charge in [-0.25, -0.2) is 0 Å². The van der Waals surface area contributed by atoms with Crippen LogP contribution < -0.4 is 4.57 Å². The van der Waals surface area contributed by atoms with Crippen LogP contribution in [0, 0.1) is 0 Å². The molecule has 1 nitrogen and oxygen atoms in total. The van der Waals surface area contributed by atoms with Crippen LogP contribution >= 0.6 is 15.9 Å². The lowest BCUT2D eigenvalue weighted by atomic mass is 9.60. The topological polar surface area (TPSA) is 3.88 Å². The standard InChI is InChI=1S/C31H21BrN/c32-21-16-17-23-22-10-2-5-13-26(22)31(29(23)20-21)27-14-6-3-11-24(27)30(33-18-8-1-9-19-33)25-12-4-7-15-28(25)31/h1-20,30H/q+1. The zero-order chi connectivity index (χ0) is 22.0. The van der Waals surface area contributed by atoms with Gasteiger partial charge in [-0.15, -0.1) is 0 Å². The predicted molar refractivity (Wildman–Crippen MR) is 135 cm³/mol. The summed E-state index contributed by atoms with van der Waals surface area (Å²) < 4.78 is 3.45. The number of pyridine rings is 1. The Kier molecular flexibility index (Phi) is 4.04. The van der Waals surface area contributed by atoms with Gasteiger partial charge in [0.15, 0.2) is 12.4 Å². The Morgan fingerprint density at radius 1 is 0.545 bits per heavy atom. The molecule has 7 rings (SSSR count). The number of hydrogen-bond donors (Lipinski definition) is 0. The maximum Gasteiger partial charge on any atom is 0.209 e. The quantitative estimate of drug-likeness (QED) is 0.219. The van der Waals surface area contributed by atoms with Crippen molar-refractivity contribution in [3.05, 3.63) is 159 Å². The molecule has 33 heavy (non-hydrogen) atoms. The van der Waals surface area contributed by atoms with Crippen molar-refractivity contribution in [3.8, 4) is 11.1 Å². The van der Waals surface area contributed by atoms with E-state index in [0.717, 1.165) is 4.47 Å². The first-order chi connectivity index (χ1) is 16.3. The molecule has 1 heterocycles. The molecular weight excluding hydrogens is 466 g/mol. The minimum atomic E-state index is -0.339. The van der Waals surface area contributed by atoms with Crippen LogP contribution in [0.2, 0.25) is 0 Å². The van der Waals surface area contributed by atoms with Gasteiger partial charge >= 0.3 is 0 Å². The van der Waals surface area contributed by atoms with Gasteiger partial charge in [0.1, 0.15) is 0 Å². The number of aromatic nitrogens is 1. The highest BCUT2D eigenvalue weighted by Crippen LogP contribution is 2.60. The van der Waals surface area contributed by atoms with Crippen LogP contribution in [0.5, 0.6) is 0 Å². The van der Waals surface area contributed by atoms with Gasteiger partial charge in [0.2, 0.25) is 6.04 Å². The van der Waals surface area contributed by atoms with Gasteiger partial charge in [-0.3, -0.25) is 0 Å². The molecule has 2 heteroatoms. The number of halogens is 1. The van der Waals surface area contributed by atoms with E-state index < -0.39 is 0 Å². The number of benzene rings is 4. The largest absolute Gasteiger partial charge is 0.209 e. The second kappa shape index (κ2) is 7.00. The monoisotopic (exact) mass is 486 g/mol. The molecule has 0 saturated carbocycles. The fraction of sp³-hybridized carbons (Fsp3) is 0.0645. The number of nitrogens with zero attached hydrogens (tertiary/aromatic N) is 1. The molecule has 0 fully saturated rings. The summed E-state index contributed by atoms with van der Waals surface area (Å²) in [7, 11) is 0. The van der Waals surface area contributed by atoms with Crippen molar-refractivity contribution in [2.45, 2.75) is 11.5 Å². The summed E-state index contributed by atoms with van der Waals surface area (Å²) in [6.45, 7) is 0. The highest BCUT2D eigenvalue weighted by Gasteiger charge is 2.53. The molecule has 0 unspecified atom stereocenters. The zero-order valence-electron chi connectivity index (χ0n) is 17.9. The van der Waals surface area contributed by atoms with E-state index >= 15 is 0 Å². The summed E-state index contributed by atoms with van der Waals surface area (Å²) in [6, 6.07) is 40.2. The minimum Gasteiger partial charge on any atom is -0.194 e. The molecule has 2 aliphatic carbocycles. The third-order valence-electron chi connectivity index (χ3n) is 7.36. The second-order valence-corrected chi connectivity index (χ2v) is 9.80. The Labute approximate surface area is 202 Å². The molecule has 156 valence electrons. The first-order valence-corrected chi connectivity index (χ1v) is 12.1. The Bertz CT molecular complexity index is 1490. The van der Waals surface area contributed by atoms with Gasteiger partial charge in [0.25, 0.3) is 0 Å². The molecule has 0 bridgehead atoms. The molecule has 5 aromatic rings. The smallest absolute Gasteiger partial charge is 0.194 e. The van der Waals surface area contributed by atoms with E-state index in [0.29, 0.717) is 0 Å². The highest BCUT2D eigenvalue weighted by atomic mass is 79.9. The summed E-state index contributed by atoms with van der Waals surface area (Å²) >= 11 is 3.78. The SMILES string of the molecule is Brc1ccc2c(c1)C1(c3ccccc3-2)c2ccccc2C([n+]2ccccc2)c2ccccc21. The lowest BCUT2D eigenvalue weighted by Crippen LogP contribution is -2.46. The first kappa shape index (κ1) is 19.0. The lowest BCUT2D eigenvalue weighted by Gasteiger charge is -2.41. The lowest BCUT2D eigenvalue weighted by molar-refractivity contribution is -0.705. The van der Waals surface area contributed by atoms with Crippen LogP contribution in [0.1, 0.15) is 39.4 Å². The predicted octanol–water partition coefficient (Wildman–Crippen LogP) is 7.05. The molecular formula is C31H21BrN+. The van der Waals surface area contributed by atoms with Gasteiger partial charge in [-0.2, -0.15) is 4.57 Å². The van der Waals surface area contributed by atoms with Gasteiger partial charge < -0.3 is 0 Å². The van der Waals surface area contributed by atoms with E-state index in [1.807, 2.05) is 0 Å². The molecule has 0 aliphatic heterocycles. The molecule has 0 atom stereocenters. The second-order valence-electron chi connectivity index (χ2n) is 8.89. The van der Waals surface area contributed by atoms with Gasteiger partial charge in [-0.05, 0) is 45.5 Å². The van der Waals surface area contributed by atoms with E-state index in [2.05, 4.69) is 142 Å². The Morgan fingerprint density at radius 2 is 1.12 bits per heavy atom. The van der Waals surface area contributed by atoms with Crippen molar-refractivity contribution in [2.75, 3.05) is 0 Å². The number of hydrogen-bond acceptors (Lipinski definition) is 0. The summed E-state index contributed by atoms with van der Waals surface area (Å²) in [5.74, 6) is 0. The normalized spacial score (nSPS) is 19.5. The zero-order valence-corrected chi connectivity index (χ0v) is 19.5. The van der Waals surface area contributed by atoms with E-state index in [1.54, 1.807) is 0 Å². The van der Waals surface area contributed by atoms with Crippen molar-refractivity contribution in [3.63, 3.8) is 0 Å². The van der Waals surface area contributed by atoms with E-state index in [1.165, 1.54) is 44.5 Å². The number of rotatable bonds is 1. The molecule has 2 aliphatic rings. The van der Waals surface area contributed by atoms with Crippen molar-refractivity contribution >= 4 is 15.9 Å². The maximum absolute atomic E-state index is 3.78. The Hall–Kier alpha value is -3.49. The minimum absolute atomic E-state index is 0.132. The molecule has 0 amide bonds. The van der Waals surface area contributed by atoms with Crippen LogP contribution in [0.3, 0.4) is 0 Å². The van der Waals surface area contributed by atoms with Crippen LogP contribution in [0.15, 0.2) is 126 Å². The van der Waals surface area contributed by atoms with Crippen molar-refractivity contribution in [2.24, 2.45) is 0 Å². The molecule has 0 radical (unpaired) electrons. The Morgan fingerprint density at radius 3 is 1.82 bits per heavy atom. The Balaban J connectivity index is 1.68. The third kappa shape index (κ3) is 2.45. The van der Waals surface area contributed by atoms with Crippen molar-refractivity contribution < 1.29 is 4.57 Å². The molecule has 1 spiro atoms. The summed E-state index contributed by atoms with van der Waals surface area (Å²) in [6.07, 6.45) is 4.37. The summed E-state index contributed by atoms with van der Waals surface area (Å²) in [5, 5.41) is 0. The summed E-state index contributed by atoms with van der Waals surface area (Å²) in [5.41, 5.74) is 10.5. The van der Waals surface area contributed by atoms with Gasteiger partial charge in [0, 0.05) is 27.7 Å². The van der Waals surface area contributed by atoms with E-state index in [-0.39, 0.29) is 11.5 Å². The van der Waals surface area contributed by atoms with E-state index in [9.17, 15) is 0 Å². The first-order valence-electron chi connectivity index (χ1n) is 11.3. The average molecular weight is 487 g/mol. The van der Waals surface area contributed by atoms with Crippen LogP contribution in [0.25, 0.3) is 11.1 Å². The van der Waals surface area contributed by atoms with Crippen molar-refractivity contribution in [1.29, 1.82) is 0 Å². The van der Waals surface area contributed by atoms with Gasteiger partial charge in [0.05, 0.1) is 5.41 Å². The third-order valence-corrected chi connectivity index (χ3v) is 7.86. The van der Waals surface area contributed by atoms with Crippen LogP contribution in [-0.4, -0.2) is 0 Å². The molecule has 1 aromatic heterocycles. The van der Waals surface area contributed by atoms with Crippen LogP contribution in [0.4, 0.5) is 0 Å². The van der Waals surface area contributed by atoms with E-state index in [4.69, 9.17) is 0 Å². The highest BCUT2D eigenvalue weighted by molar-refractivity contribution is 9.10. The molecule has 0 N–H and O–H groups in total. The molecule has 4 aromatic carbocycles. The summed E-state index contributed by atoms with van der Waals surface area (Å²) in [4.78, 5) is 0. The average Bonchev–Trinajstić information content (AvgIpc) is 3.15. The fourth-order valence-corrected chi connectivity index (χ4v) is 6.56. The molecule has 0 saturated heterocycles.